The Kier molecular flexibility index (Phi) is 9.38. The Morgan fingerprint density at radius 2 is 1.69 bits per heavy atom. The van der Waals surface area contributed by atoms with Gasteiger partial charge in [0.25, 0.3) is 0 Å². The summed E-state index contributed by atoms with van der Waals surface area (Å²) >= 11 is 0. The molecule has 4 aliphatic carbocycles. The Morgan fingerprint density at radius 1 is 0.939 bits per heavy atom. The van der Waals surface area contributed by atoms with E-state index >= 15 is 0 Å². The van der Waals surface area contributed by atoms with Crippen molar-refractivity contribution >= 4 is 12.3 Å². The van der Waals surface area contributed by atoms with Crippen LogP contribution in [-0.4, -0.2) is 134 Å². The maximum atomic E-state index is 13.2. The number of ether oxygens (including phenoxy) is 5. The number of hydrogen-bond acceptors (Lipinski definition) is 14. The fourth-order valence-corrected chi connectivity index (χ4v) is 11.3. The van der Waals surface area contributed by atoms with E-state index in [1.165, 1.54) is 0 Å². The molecule has 4 saturated carbocycles. The number of aliphatic hydroxyl groups excluding tert-OH is 5. The Labute approximate surface area is 285 Å². The quantitative estimate of drug-likeness (QED) is 0.102. The molecule has 0 aromatic carbocycles. The van der Waals surface area contributed by atoms with E-state index in [1.807, 2.05) is 0 Å². The minimum atomic E-state index is -1.62. The summed E-state index contributed by atoms with van der Waals surface area (Å²) in [7, 11) is 0. The molecule has 7 aliphatic rings. The molecule has 0 spiro atoms. The number of aldehydes is 1. The lowest BCUT2D eigenvalue weighted by Gasteiger charge is -2.65. The molecule has 0 radical (unpaired) electrons. The van der Waals surface area contributed by atoms with Crippen molar-refractivity contribution in [3.05, 3.63) is 11.6 Å². The largest absolute Gasteiger partial charge is 0.458 e. The number of rotatable bonds is 7. The first-order valence-electron chi connectivity index (χ1n) is 17.9. The maximum absolute atomic E-state index is 13.2. The van der Waals surface area contributed by atoms with Gasteiger partial charge in [0, 0.05) is 24.3 Å². The van der Waals surface area contributed by atoms with Crippen molar-refractivity contribution < 1.29 is 69.0 Å². The summed E-state index contributed by atoms with van der Waals surface area (Å²) in [6.07, 6.45) is -4.38. The van der Waals surface area contributed by atoms with Crippen LogP contribution < -0.4 is 0 Å². The molecule has 14 nitrogen and oxygen atoms in total. The summed E-state index contributed by atoms with van der Waals surface area (Å²) in [5.74, 6) is -0.688. The average Bonchev–Trinajstić information content (AvgIpc) is 3.61. The van der Waals surface area contributed by atoms with Crippen molar-refractivity contribution in [3.63, 3.8) is 0 Å². The predicted octanol–water partition coefficient (Wildman–Crippen LogP) is -0.397. The third-order valence-electron chi connectivity index (χ3n) is 14.0. The number of carbonyl (C=O) groups is 2. The Hall–Kier alpha value is -1.56. The lowest BCUT2D eigenvalue weighted by Crippen LogP contribution is -2.69. The van der Waals surface area contributed by atoms with Crippen LogP contribution in [0.4, 0.5) is 0 Å². The number of carbonyl (C=O) groups excluding carboxylic acids is 2. The van der Waals surface area contributed by atoms with Crippen LogP contribution in [-0.2, 0) is 33.3 Å². The van der Waals surface area contributed by atoms with Gasteiger partial charge in [-0.1, -0.05) is 6.92 Å². The van der Waals surface area contributed by atoms with Crippen LogP contribution >= 0.6 is 0 Å². The summed E-state index contributed by atoms with van der Waals surface area (Å²) < 4.78 is 28.9. The van der Waals surface area contributed by atoms with Crippen molar-refractivity contribution in [2.24, 2.45) is 28.6 Å². The van der Waals surface area contributed by atoms with E-state index < -0.39 is 90.1 Å². The normalized spacial score (nSPS) is 54.3. The molecule has 3 aliphatic heterocycles. The van der Waals surface area contributed by atoms with Gasteiger partial charge in [-0.25, -0.2) is 4.79 Å². The molecule has 14 heteroatoms. The second-order valence-electron chi connectivity index (χ2n) is 16.1. The van der Waals surface area contributed by atoms with Crippen LogP contribution in [0, 0.1) is 28.6 Å². The minimum Gasteiger partial charge on any atom is -0.458 e. The standard InChI is InChI=1S/C35H52O14/c1-17-30(49-31-29(42)28(41)27(40)24(14-36)48-31)23(38)12-26(46-17)47-19-3-8-33(16-37)21-4-7-32(2)20(18-11-25(39)45-15-18)6-10-35(32,44)22(21)5-9-34(33,43)13-19/h11,16-17,19-24,26-31,36,38,40-44H,3-10,12-15H2,1-2H3/t17-,19-,20+,21-,22+,23-,24+,26-,27-,28-,29+,30-,31-,32+,33-,34-,35-/m0/s1. The van der Waals surface area contributed by atoms with E-state index in [2.05, 4.69) is 6.92 Å². The van der Waals surface area contributed by atoms with Gasteiger partial charge in [0.2, 0.25) is 0 Å². The number of esters is 1. The monoisotopic (exact) mass is 696 g/mol. The van der Waals surface area contributed by atoms with Gasteiger partial charge in [0.05, 0.1) is 41.5 Å². The zero-order valence-corrected chi connectivity index (χ0v) is 28.1. The summed E-state index contributed by atoms with van der Waals surface area (Å²) in [5.41, 5.74) is -2.94. The number of aliphatic hydroxyl groups is 7. The van der Waals surface area contributed by atoms with Gasteiger partial charge in [0.15, 0.2) is 12.6 Å². The summed E-state index contributed by atoms with van der Waals surface area (Å²) in [4.78, 5) is 25.0. The molecule has 0 amide bonds. The smallest absolute Gasteiger partial charge is 0.331 e. The highest BCUT2D eigenvalue weighted by Crippen LogP contribution is 2.70. The van der Waals surface area contributed by atoms with Gasteiger partial charge in [-0.2, -0.15) is 0 Å². The van der Waals surface area contributed by atoms with Crippen LogP contribution in [0.5, 0.6) is 0 Å². The highest BCUT2D eigenvalue weighted by atomic mass is 16.7. The van der Waals surface area contributed by atoms with E-state index in [0.29, 0.717) is 44.9 Å². The first-order chi connectivity index (χ1) is 23.2. The SMILES string of the molecule is C[C@@H]1O[C@@H](O[C@H]2CC[C@]3(C=O)[C@H]4CC[C@]5(C)[C@@H](C6=CC(=O)OC6)CC[C@]5(O)[C@@H]4CC[C@]3(O)C2)C[C@H](O)[C@H]1O[C@@H]1O[C@H](CO)[C@H](O)[C@H](O)[C@H]1O. The van der Waals surface area contributed by atoms with Crippen molar-refractivity contribution in [3.8, 4) is 0 Å². The highest BCUT2D eigenvalue weighted by molar-refractivity contribution is 5.85. The number of hydrogen-bond donors (Lipinski definition) is 7. The second-order valence-corrected chi connectivity index (χ2v) is 16.1. The third-order valence-corrected chi connectivity index (χ3v) is 14.0. The Balaban J connectivity index is 1.00. The number of fused-ring (bicyclic) bond motifs is 5. The van der Waals surface area contributed by atoms with Crippen LogP contribution in [0.25, 0.3) is 0 Å². The van der Waals surface area contributed by atoms with Crippen molar-refractivity contribution in [1.82, 2.24) is 0 Å². The molecular weight excluding hydrogens is 644 g/mol. The van der Waals surface area contributed by atoms with Gasteiger partial charge >= 0.3 is 5.97 Å². The number of cyclic esters (lactones) is 1. The first kappa shape index (κ1) is 35.8. The molecule has 0 bridgehead atoms. The molecule has 0 unspecified atom stereocenters. The Morgan fingerprint density at radius 3 is 2.37 bits per heavy atom. The molecule has 7 rings (SSSR count). The van der Waals surface area contributed by atoms with E-state index in [0.717, 1.165) is 18.3 Å². The molecule has 2 saturated heterocycles. The zero-order chi connectivity index (χ0) is 35.1. The predicted molar refractivity (Wildman–Crippen MR) is 166 cm³/mol. The third kappa shape index (κ3) is 5.47. The lowest BCUT2D eigenvalue weighted by molar-refractivity contribution is -0.345. The molecule has 7 N–H and O–H groups in total. The van der Waals surface area contributed by atoms with Crippen LogP contribution in [0.15, 0.2) is 11.6 Å². The highest BCUT2D eigenvalue weighted by Gasteiger charge is 2.71. The molecule has 6 fully saturated rings. The van der Waals surface area contributed by atoms with Gasteiger partial charge < -0.3 is 64.2 Å². The molecular formula is C35H52O14. The summed E-state index contributed by atoms with van der Waals surface area (Å²) in [5, 5.41) is 75.9. The molecule has 17 atom stereocenters. The first-order valence-corrected chi connectivity index (χ1v) is 17.9. The fraction of sp³-hybridized carbons (Fsp3) is 0.886. The topological polar surface area (TPSA) is 222 Å². The molecule has 0 aromatic heterocycles. The van der Waals surface area contributed by atoms with Gasteiger partial charge in [-0.05, 0) is 81.6 Å². The summed E-state index contributed by atoms with van der Waals surface area (Å²) in [6, 6.07) is 0. The van der Waals surface area contributed by atoms with Gasteiger partial charge in [-0.3, -0.25) is 0 Å². The van der Waals surface area contributed by atoms with Gasteiger partial charge in [-0.15, -0.1) is 0 Å². The lowest BCUT2D eigenvalue weighted by atomic mass is 9.41. The average molecular weight is 697 g/mol. The van der Waals surface area contributed by atoms with Crippen LogP contribution in [0.2, 0.25) is 0 Å². The summed E-state index contributed by atoms with van der Waals surface area (Å²) in [6.45, 7) is 3.42. The fourth-order valence-electron chi connectivity index (χ4n) is 11.3. The zero-order valence-electron chi connectivity index (χ0n) is 28.1. The molecule has 0 aromatic rings. The minimum absolute atomic E-state index is 0.00470. The van der Waals surface area contributed by atoms with E-state index in [-0.39, 0.29) is 43.2 Å². The molecule has 276 valence electrons. The van der Waals surface area contributed by atoms with E-state index in [1.54, 1.807) is 13.0 Å². The Bertz CT molecular complexity index is 1300. The van der Waals surface area contributed by atoms with E-state index in [4.69, 9.17) is 23.7 Å². The van der Waals surface area contributed by atoms with Crippen molar-refractivity contribution in [2.75, 3.05) is 13.2 Å². The van der Waals surface area contributed by atoms with Crippen LogP contribution in [0.3, 0.4) is 0 Å². The van der Waals surface area contributed by atoms with Crippen molar-refractivity contribution in [1.29, 1.82) is 0 Å². The molecule has 49 heavy (non-hydrogen) atoms. The molecule has 3 heterocycles. The van der Waals surface area contributed by atoms with E-state index in [9.17, 15) is 45.3 Å². The van der Waals surface area contributed by atoms with Crippen LogP contribution in [0.1, 0.15) is 78.1 Å². The van der Waals surface area contributed by atoms with Crippen molar-refractivity contribution in [2.45, 2.75) is 151 Å². The second kappa shape index (κ2) is 12.8. The maximum Gasteiger partial charge on any atom is 0.331 e. The van der Waals surface area contributed by atoms with Gasteiger partial charge in [0.1, 0.15) is 43.4 Å².